The number of carbonyl (C=O) groups is 1. The number of carbonyl (C=O) groups excluding carboxylic acids is 1. The maximum atomic E-state index is 12.7. The molecule has 1 amide bonds. The molecule has 0 bridgehead atoms. The Labute approximate surface area is 166 Å². The number of ether oxygens (including phenoxy) is 2. The quantitative estimate of drug-likeness (QED) is 0.536. The second-order valence-corrected chi connectivity index (χ2v) is 7.19. The highest BCUT2D eigenvalue weighted by atomic mass is 32.1. The Morgan fingerprint density at radius 2 is 1.82 bits per heavy atom. The molecule has 0 fully saturated rings. The number of benzene rings is 2. The molecule has 0 aliphatic heterocycles. The van der Waals surface area contributed by atoms with Crippen LogP contribution in [0.2, 0.25) is 0 Å². The summed E-state index contributed by atoms with van der Waals surface area (Å²) in [6.45, 7) is 1.92. The molecule has 7 heteroatoms. The van der Waals surface area contributed by atoms with Crippen molar-refractivity contribution in [2.45, 2.75) is 6.92 Å². The summed E-state index contributed by atoms with van der Waals surface area (Å²) in [5.74, 6) is 1.34. The maximum absolute atomic E-state index is 12.7. The van der Waals surface area contributed by atoms with Crippen molar-refractivity contribution in [2.75, 3.05) is 19.5 Å². The van der Waals surface area contributed by atoms with E-state index in [0.717, 1.165) is 27.7 Å². The minimum atomic E-state index is -0.160. The van der Waals surface area contributed by atoms with Gasteiger partial charge in [0.2, 0.25) is 0 Å². The molecule has 142 valence electrons. The number of fused-ring (bicyclic) bond motifs is 1. The molecule has 0 spiro atoms. The fourth-order valence-electron chi connectivity index (χ4n) is 2.95. The van der Waals surface area contributed by atoms with E-state index in [9.17, 15) is 4.79 Å². The number of thiazole rings is 1. The van der Waals surface area contributed by atoms with Gasteiger partial charge in [0.15, 0.2) is 4.96 Å². The summed E-state index contributed by atoms with van der Waals surface area (Å²) in [6.07, 6.45) is 1.95. The van der Waals surface area contributed by atoms with E-state index in [-0.39, 0.29) is 5.91 Å². The van der Waals surface area contributed by atoms with Crippen LogP contribution < -0.4 is 14.8 Å². The first-order chi connectivity index (χ1) is 13.6. The highest BCUT2D eigenvalue weighted by molar-refractivity contribution is 7.19. The number of methoxy groups -OCH3 is 2. The second kappa shape index (κ2) is 7.36. The lowest BCUT2D eigenvalue weighted by Crippen LogP contribution is -2.11. The third-order valence-electron chi connectivity index (χ3n) is 4.48. The lowest BCUT2D eigenvalue weighted by molar-refractivity contribution is 0.102. The molecule has 4 rings (SSSR count). The van der Waals surface area contributed by atoms with Gasteiger partial charge in [-0.25, -0.2) is 4.98 Å². The summed E-state index contributed by atoms with van der Waals surface area (Å²) >= 11 is 1.37. The fraction of sp³-hybridized carbons (Fsp3) is 0.143. The topological polar surface area (TPSA) is 64.9 Å². The average Bonchev–Trinajstić information content (AvgIpc) is 3.28. The van der Waals surface area contributed by atoms with Gasteiger partial charge < -0.3 is 14.8 Å². The van der Waals surface area contributed by atoms with E-state index in [1.54, 1.807) is 20.3 Å². The Balaban J connectivity index is 1.61. The van der Waals surface area contributed by atoms with Crippen molar-refractivity contribution in [1.29, 1.82) is 0 Å². The summed E-state index contributed by atoms with van der Waals surface area (Å²) in [6, 6.07) is 15.0. The van der Waals surface area contributed by atoms with E-state index in [0.29, 0.717) is 16.3 Å². The highest BCUT2D eigenvalue weighted by Gasteiger charge is 2.18. The van der Waals surface area contributed by atoms with Crippen molar-refractivity contribution in [1.82, 2.24) is 9.38 Å². The first-order valence-electron chi connectivity index (χ1n) is 8.67. The Kier molecular flexibility index (Phi) is 4.75. The van der Waals surface area contributed by atoms with E-state index in [2.05, 4.69) is 10.3 Å². The number of aromatic nitrogens is 2. The Bertz CT molecular complexity index is 1150. The molecule has 0 aliphatic rings. The Morgan fingerprint density at radius 1 is 1.07 bits per heavy atom. The third kappa shape index (κ3) is 3.32. The molecule has 0 unspecified atom stereocenters. The molecule has 1 N–H and O–H groups in total. The number of aryl methyl sites for hydroxylation is 1. The monoisotopic (exact) mass is 393 g/mol. The van der Waals surface area contributed by atoms with Crippen LogP contribution in [0.4, 0.5) is 5.69 Å². The minimum absolute atomic E-state index is 0.160. The van der Waals surface area contributed by atoms with Gasteiger partial charge in [-0.3, -0.25) is 9.20 Å². The van der Waals surface area contributed by atoms with E-state index in [1.807, 2.05) is 60.0 Å². The summed E-state index contributed by atoms with van der Waals surface area (Å²) < 4.78 is 12.3. The predicted octanol–water partition coefficient (Wildman–Crippen LogP) is 4.64. The van der Waals surface area contributed by atoms with Crippen molar-refractivity contribution in [3.63, 3.8) is 0 Å². The molecule has 4 aromatic rings. The van der Waals surface area contributed by atoms with Gasteiger partial charge >= 0.3 is 0 Å². The highest BCUT2D eigenvalue weighted by Crippen LogP contribution is 2.29. The smallest absolute Gasteiger partial charge is 0.267 e. The summed E-state index contributed by atoms with van der Waals surface area (Å²) in [7, 11) is 3.24. The minimum Gasteiger partial charge on any atom is -0.497 e. The molecule has 6 nitrogen and oxygen atoms in total. The Hall–Kier alpha value is -3.32. The lowest BCUT2D eigenvalue weighted by atomic mass is 10.2. The predicted molar refractivity (Wildman–Crippen MR) is 111 cm³/mol. The van der Waals surface area contributed by atoms with Gasteiger partial charge in [-0.1, -0.05) is 17.4 Å². The molecule has 2 aromatic carbocycles. The van der Waals surface area contributed by atoms with Crippen molar-refractivity contribution in [2.24, 2.45) is 0 Å². The number of amides is 1. The van der Waals surface area contributed by atoms with E-state index in [4.69, 9.17) is 9.47 Å². The SMILES string of the molecule is COc1ccc(-c2cn3c(C)c(C(=O)Nc4cccc(OC)c4)sc3n2)cc1. The van der Waals surface area contributed by atoms with Gasteiger partial charge in [0.25, 0.3) is 5.91 Å². The molecular formula is C21H19N3O3S. The number of imidazole rings is 1. The zero-order chi connectivity index (χ0) is 19.7. The van der Waals surface area contributed by atoms with Crippen LogP contribution in [0.1, 0.15) is 15.4 Å². The summed E-state index contributed by atoms with van der Waals surface area (Å²) in [4.78, 5) is 18.8. The van der Waals surface area contributed by atoms with Crippen LogP contribution in [-0.4, -0.2) is 29.5 Å². The maximum Gasteiger partial charge on any atom is 0.267 e. The van der Waals surface area contributed by atoms with Crippen LogP contribution in [0, 0.1) is 6.92 Å². The van der Waals surface area contributed by atoms with Crippen LogP contribution in [0.15, 0.2) is 54.7 Å². The molecule has 2 heterocycles. The number of hydrogen-bond acceptors (Lipinski definition) is 5. The molecule has 28 heavy (non-hydrogen) atoms. The van der Waals surface area contributed by atoms with Crippen LogP contribution in [0.5, 0.6) is 11.5 Å². The van der Waals surface area contributed by atoms with Crippen molar-refractivity contribution >= 4 is 27.9 Å². The van der Waals surface area contributed by atoms with Gasteiger partial charge in [0.1, 0.15) is 16.4 Å². The van der Waals surface area contributed by atoms with Crippen molar-refractivity contribution < 1.29 is 14.3 Å². The second-order valence-electron chi connectivity index (χ2n) is 6.21. The van der Waals surface area contributed by atoms with E-state index >= 15 is 0 Å². The summed E-state index contributed by atoms with van der Waals surface area (Å²) in [5.41, 5.74) is 3.40. The third-order valence-corrected chi connectivity index (χ3v) is 5.63. The Morgan fingerprint density at radius 3 is 2.50 bits per heavy atom. The van der Waals surface area contributed by atoms with Gasteiger partial charge in [0, 0.05) is 29.2 Å². The van der Waals surface area contributed by atoms with Crippen molar-refractivity contribution in [3.8, 4) is 22.8 Å². The zero-order valence-corrected chi connectivity index (χ0v) is 16.5. The lowest BCUT2D eigenvalue weighted by Gasteiger charge is -2.06. The molecular weight excluding hydrogens is 374 g/mol. The van der Waals surface area contributed by atoms with Crippen LogP contribution in [-0.2, 0) is 0 Å². The van der Waals surface area contributed by atoms with Gasteiger partial charge in [-0.2, -0.15) is 0 Å². The number of nitrogens with zero attached hydrogens (tertiary/aromatic N) is 2. The molecule has 0 radical (unpaired) electrons. The largest absolute Gasteiger partial charge is 0.497 e. The number of anilines is 1. The zero-order valence-electron chi connectivity index (χ0n) is 15.7. The molecule has 2 aromatic heterocycles. The molecule has 0 saturated carbocycles. The fourth-order valence-corrected chi connectivity index (χ4v) is 3.95. The number of hydrogen-bond donors (Lipinski definition) is 1. The van der Waals surface area contributed by atoms with E-state index in [1.165, 1.54) is 11.3 Å². The van der Waals surface area contributed by atoms with Crippen LogP contribution >= 0.6 is 11.3 Å². The van der Waals surface area contributed by atoms with Crippen molar-refractivity contribution in [3.05, 3.63) is 65.3 Å². The molecule has 0 saturated heterocycles. The van der Waals surface area contributed by atoms with E-state index < -0.39 is 0 Å². The van der Waals surface area contributed by atoms with Crippen LogP contribution in [0.25, 0.3) is 16.2 Å². The number of rotatable bonds is 5. The van der Waals surface area contributed by atoms with Gasteiger partial charge in [0.05, 0.1) is 19.9 Å². The molecule has 0 atom stereocenters. The number of nitrogens with one attached hydrogen (secondary N) is 1. The molecule has 0 aliphatic carbocycles. The normalized spacial score (nSPS) is 10.8. The van der Waals surface area contributed by atoms with Gasteiger partial charge in [-0.05, 0) is 43.3 Å². The summed E-state index contributed by atoms with van der Waals surface area (Å²) in [5, 5.41) is 2.92. The standard InChI is InChI=1S/C21H19N3O3S/c1-13-19(20(25)22-15-5-4-6-17(11-15)27-3)28-21-23-18(12-24(13)21)14-7-9-16(26-2)10-8-14/h4-12H,1-3H3,(H,22,25). The van der Waals surface area contributed by atoms with Crippen LogP contribution in [0.3, 0.4) is 0 Å². The van der Waals surface area contributed by atoms with Gasteiger partial charge in [-0.15, -0.1) is 0 Å². The average molecular weight is 393 g/mol. The first kappa shape index (κ1) is 18.1. The first-order valence-corrected chi connectivity index (χ1v) is 9.49.